The Hall–Kier alpha value is 1.50. The van der Waals surface area contributed by atoms with Crippen molar-refractivity contribution in [3.63, 3.8) is 0 Å². The minimum atomic E-state index is 0. The van der Waals surface area contributed by atoms with Crippen molar-refractivity contribution in [2.75, 3.05) is 11.5 Å². The molecular weight excluding hydrogens is 615 g/mol. The first-order valence-electron chi connectivity index (χ1n) is 17.4. The Labute approximate surface area is 280 Å². The van der Waals surface area contributed by atoms with Crippen LogP contribution < -0.4 is 0 Å². The van der Waals surface area contributed by atoms with E-state index in [1.165, 1.54) is 167 Å². The molecule has 0 atom stereocenters. The predicted octanol–water partition coefficient (Wildman–Crippen LogP) is 13.3. The van der Waals surface area contributed by atoms with Gasteiger partial charge >= 0.3 is 23.9 Å². The minimum absolute atomic E-state index is 0. The molecule has 39 heavy (non-hydrogen) atoms. The maximum Gasteiger partial charge on any atom is 2.00 e. The molecule has 0 aliphatic carbocycles. The zero-order chi connectivity index (χ0) is 29.2. The van der Waals surface area contributed by atoms with Crippen LogP contribution in [-0.2, 0) is 25.3 Å². The van der Waals surface area contributed by atoms with Crippen LogP contribution in [0.2, 0.25) is 0 Å². The number of rotatable bonds is 26. The van der Waals surface area contributed by atoms with E-state index in [0.717, 1.165) is 24.3 Å². The van der Waals surface area contributed by atoms with Gasteiger partial charge in [0.25, 0.3) is 0 Å². The van der Waals surface area contributed by atoms with Crippen molar-refractivity contribution in [1.82, 2.24) is 0 Å². The zero-order valence-electron chi connectivity index (χ0n) is 27.9. The maximum absolute atomic E-state index is 4.93. The molecule has 236 valence electrons. The van der Waals surface area contributed by atoms with Crippen LogP contribution in [0.15, 0.2) is 0 Å². The molecule has 0 aliphatic heterocycles. The molecule has 0 N–H and O–H groups in total. The molecule has 0 unspecified atom stereocenters. The van der Waals surface area contributed by atoms with Gasteiger partial charge in [-0.2, -0.15) is 11.5 Å². The molecule has 3 heteroatoms. The van der Waals surface area contributed by atoms with Gasteiger partial charge in [-0.15, -0.1) is 0 Å². The van der Waals surface area contributed by atoms with Gasteiger partial charge in [-0.1, -0.05) is 221 Å². The Balaban J connectivity index is -0.000000160. The molecule has 0 bridgehead atoms. The monoisotopic (exact) mass is 692 g/mol. The standard InChI is InChI=1S/2C15H32S.2C3H7.Sn/c2*1-2-3-4-5-6-7-8-9-10-11-12-13-14-15-16;2*1-3-2;/h2*16H,2-15H2,1H3;2*1,3H2,2H3;/q;;;;+2/p-2. The first kappa shape index (κ1) is 50.1. The van der Waals surface area contributed by atoms with Gasteiger partial charge < -0.3 is 25.3 Å². The molecule has 0 fully saturated rings. The third-order valence-electron chi connectivity index (χ3n) is 6.50. The van der Waals surface area contributed by atoms with E-state index >= 15 is 0 Å². The van der Waals surface area contributed by atoms with E-state index in [-0.39, 0.29) is 23.9 Å². The van der Waals surface area contributed by atoms with Gasteiger partial charge in [0.15, 0.2) is 0 Å². The first-order valence-corrected chi connectivity index (χ1v) is 18.6. The second-order valence-electron chi connectivity index (χ2n) is 10.9. The van der Waals surface area contributed by atoms with E-state index in [0.29, 0.717) is 0 Å². The fourth-order valence-electron chi connectivity index (χ4n) is 4.24. The van der Waals surface area contributed by atoms with Gasteiger partial charge in [-0.3, -0.25) is 0 Å². The van der Waals surface area contributed by atoms with Gasteiger partial charge in [0, 0.05) is 0 Å². The third kappa shape index (κ3) is 73.4. The third-order valence-corrected chi connectivity index (χ3v) is 7.07. The predicted molar refractivity (Wildman–Crippen MR) is 193 cm³/mol. The van der Waals surface area contributed by atoms with E-state index in [1.54, 1.807) is 0 Å². The summed E-state index contributed by atoms with van der Waals surface area (Å²) in [5.41, 5.74) is 0. The van der Waals surface area contributed by atoms with Crippen LogP contribution in [-0.4, -0.2) is 35.4 Å². The van der Waals surface area contributed by atoms with Crippen molar-refractivity contribution in [2.24, 2.45) is 0 Å². The first-order chi connectivity index (χ1) is 18.7. The number of hydrogen-bond donors (Lipinski definition) is 0. The van der Waals surface area contributed by atoms with E-state index in [9.17, 15) is 0 Å². The van der Waals surface area contributed by atoms with Gasteiger partial charge in [-0.05, 0) is 0 Å². The molecule has 0 aromatic rings. The summed E-state index contributed by atoms with van der Waals surface area (Å²) in [4.78, 5) is 0. The summed E-state index contributed by atoms with van der Waals surface area (Å²) in [5, 5.41) is 0. The molecule has 0 heterocycles. The molecule has 0 amide bonds. The molecule has 0 nitrogen and oxygen atoms in total. The van der Waals surface area contributed by atoms with Gasteiger partial charge in [-0.25, -0.2) is 0 Å². The van der Waals surface area contributed by atoms with Crippen LogP contribution >= 0.6 is 0 Å². The number of hydrogen-bond acceptors (Lipinski definition) is 2. The minimum Gasteiger partial charge on any atom is -0.793 e. The average Bonchev–Trinajstić information content (AvgIpc) is 2.91. The fourth-order valence-corrected chi connectivity index (χ4v) is 4.65. The Morgan fingerprint density at radius 2 is 0.436 bits per heavy atom. The van der Waals surface area contributed by atoms with Crippen LogP contribution in [0.25, 0.3) is 0 Å². The quantitative estimate of drug-likeness (QED) is 0.0503. The Morgan fingerprint density at radius 1 is 0.308 bits per heavy atom. The number of unbranched alkanes of at least 4 members (excludes halogenated alkanes) is 24. The molecule has 0 aromatic carbocycles. The van der Waals surface area contributed by atoms with E-state index in [4.69, 9.17) is 25.3 Å². The van der Waals surface area contributed by atoms with Crippen LogP contribution in [0.4, 0.5) is 0 Å². The van der Waals surface area contributed by atoms with E-state index in [1.807, 2.05) is 13.8 Å². The molecule has 0 aromatic heterocycles. The van der Waals surface area contributed by atoms with Crippen molar-refractivity contribution in [3.05, 3.63) is 13.8 Å². The van der Waals surface area contributed by atoms with Gasteiger partial charge in [0.2, 0.25) is 0 Å². The molecule has 0 rings (SSSR count). The average molecular weight is 692 g/mol. The molecule has 0 saturated heterocycles. The summed E-state index contributed by atoms with van der Waals surface area (Å²) >= 11 is 9.86. The van der Waals surface area contributed by atoms with Crippen LogP contribution in [0.3, 0.4) is 0 Å². The summed E-state index contributed by atoms with van der Waals surface area (Å²) < 4.78 is 0. The summed E-state index contributed by atoms with van der Waals surface area (Å²) in [5.74, 6) is 1.91. The normalized spacial score (nSPS) is 9.85. The van der Waals surface area contributed by atoms with E-state index < -0.39 is 0 Å². The van der Waals surface area contributed by atoms with Crippen molar-refractivity contribution in [2.45, 2.75) is 207 Å². The van der Waals surface area contributed by atoms with Crippen LogP contribution in [0, 0.1) is 13.8 Å². The van der Waals surface area contributed by atoms with Crippen molar-refractivity contribution >= 4 is 49.2 Å². The summed E-state index contributed by atoms with van der Waals surface area (Å²) in [6.07, 6.45) is 39.0. The molecule has 0 aliphatic rings. The Morgan fingerprint density at radius 3 is 0.564 bits per heavy atom. The van der Waals surface area contributed by atoms with Crippen molar-refractivity contribution < 1.29 is 0 Å². The smallest absolute Gasteiger partial charge is 0.793 e. The van der Waals surface area contributed by atoms with Gasteiger partial charge in [0.1, 0.15) is 0 Å². The zero-order valence-corrected chi connectivity index (χ0v) is 32.4. The topological polar surface area (TPSA) is 0 Å². The second-order valence-corrected chi connectivity index (χ2v) is 11.7. The Kier molecular flexibility index (Phi) is 75.9. The van der Waals surface area contributed by atoms with E-state index in [2.05, 4.69) is 27.7 Å². The molecular formula is C36H76S2Sn. The summed E-state index contributed by atoms with van der Waals surface area (Å²) in [7, 11) is 0. The van der Waals surface area contributed by atoms with Gasteiger partial charge in [0.05, 0.1) is 0 Å². The maximum atomic E-state index is 4.93. The molecule has 4 radical (unpaired) electrons. The molecule has 0 saturated carbocycles. The van der Waals surface area contributed by atoms with Crippen LogP contribution in [0.5, 0.6) is 0 Å². The Bertz CT molecular complexity index is 254. The van der Waals surface area contributed by atoms with Crippen LogP contribution in [0.1, 0.15) is 207 Å². The summed E-state index contributed by atoms with van der Waals surface area (Å²) in [6.45, 7) is 15.6. The SMILES string of the molecule is CCCCCCCCCCCCCCC[S-].CCCCCCCCCCCCCCC[S-].[CH2]CC.[CH2]CC.[Sn+2]. The van der Waals surface area contributed by atoms with Crippen molar-refractivity contribution in [3.8, 4) is 0 Å². The summed E-state index contributed by atoms with van der Waals surface area (Å²) in [6, 6.07) is 0. The van der Waals surface area contributed by atoms with Crippen molar-refractivity contribution in [1.29, 1.82) is 0 Å². The largest absolute Gasteiger partial charge is 2.00 e. The second kappa shape index (κ2) is 59.0. The molecule has 0 spiro atoms. The fraction of sp³-hybridized carbons (Fsp3) is 0.944.